The molecule has 0 radical (unpaired) electrons. The monoisotopic (exact) mass is 493 g/mol. The molecule has 0 fully saturated rings. The quantitative estimate of drug-likeness (QED) is 0.336. The zero-order valence-corrected chi connectivity index (χ0v) is 20.7. The first-order valence-electron chi connectivity index (χ1n) is 11.4. The van der Waals surface area contributed by atoms with Gasteiger partial charge in [0.2, 0.25) is 5.82 Å². The molecule has 0 bridgehead atoms. The maximum Gasteiger partial charge on any atom is 0.331 e. The van der Waals surface area contributed by atoms with Gasteiger partial charge < -0.3 is 15.0 Å². The van der Waals surface area contributed by atoms with Crippen molar-refractivity contribution in [3.05, 3.63) is 70.8 Å². The van der Waals surface area contributed by atoms with Gasteiger partial charge in [0.25, 0.3) is 0 Å². The SMILES string of the molecule is CCCCc1nc(Cl)c([C@](C)(N)C(=O)OC)n1Cc1ccc(-c2ccccc2-c2nn[nH]n2)cc1. The third-order valence-electron chi connectivity index (χ3n) is 5.98. The lowest BCUT2D eigenvalue weighted by Gasteiger charge is -2.24. The number of halogens is 1. The molecule has 0 amide bonds. The number of H-pyrrole nitrogens is 1. The minimum atomic E-state index is -1.44. The molecule has 10 heteroatoms. The first kappa shape index (κ1) is 24.6. The number of unbranched alkanes of at least 4 members (excludes halogenated alkanes) is 1. The molecule has 4 aromatic rings. The summed E-state index contributed by atoms with van der Waals surface area (Å²) in [7, 11) is 1.31. The number of tetrazole rings is 1. The van der Waals surface area contributed by atoms with Crippen LogP contribution in [-0.2, 0) is 28.0 Å². The van der Waals surface area contributed by atoms with Gasteiger partial charge >= 0.3 is 5.97 Å². The summed E-state index contributed by atoms with van der Waals surface area (Å²) in [4.78, 5) is 17.0. The number of rotatable bonds is 9. The van der Waals surface area contributed by atoms with E-state index in [9.17, 15) is 4.79 Å². The molecule has 2 heterocycles. The highest BCUT2D eigenvalue weighted by Gasteiger charge is 2.38. The van der Waals surface area contributed by atoms with E-state index in [0.717, 1.165) is 47.3 Å². The zero-order valence-electron chi connectivity index (χ0n) is 20.0. The molecule has 1 atom stereocenters. The first-order chi connectivity index (χ1) is 16.9. The summed E-state index contributed by atoms with van der Waals surface area (Å²) in [6.45, 7) is 4.17. The lowest BCUT2D eigenvalue weighted by atomic mass is 9.97. The average Bonchev–Trinajstić information content (AvgIpc) is 3.51. The number of benzene rings is 2. The normalized spacial score (nSPS) is 12.9. The van der Waals surface area contributed by atoms with E-state index in [1.54, 1.807) is 6.92 Å². The number of nitrogens with one attached hydrogen (secondary N) is 1. The summed E-state index contributed by atoms with van der Waals surface area (Å²) in [5.41, 5.74) is 9.33. The Balaban J connectivity index is 1.70. The van der Waals surface area contributed by atoms with Crippen molar-refractivity contribution in [2.45, 2.75) is 45.2 Å². The number of nitrogens with two attached hydrogens (primary N) is 1. The van der Waals surface area contributed by atoms with Crippen LogP contribution in [-0.4, -0.2) is 43.3 Å². The number of aromatic amines is 1. The minimum Gasteiger partial charge on any atom is -0.467 e. The van der Waals surface area contributed by atoms with Gasteiger partial charge in [-0.05, 0) is 35.2 Å². The molecule has 4 rings (SSSR count). The number of esters is 1. The lowest BCUT2D eigenvalue weighted by Crippen LogP contribution is -2.44. The van der Waals surface area contributed by atoms with Crippen LogP contribution in [0, 0.1) is 0 Å². The number of aromatic nitrogens is 6. The van der Waals surface area contributed by atoms with Crippen LogP contribution in [0.15, 0.2) is 48.5 Å². The number of ether oxygens (including phenoxy) is 1. The van der Waals surface area contributed by atoms with Crippen LogP contribution in [0.2, 0.25) is 5.15 Å². The number of hydrogen-bond donors (Lipinski definition) is 2. The van der Waals surface area contributed by atoms with Crippen LogP contribution in [0.25, 0.3) is 22.5 Å². The van der Waals surface area contributed by atoms with E-state index in [2.05, 4.69) is 32.5 Å². The van der Waals surface area contributed by atoms with Crippen molar-refractivity contribution in [3.8, 4) is 22.5 Å². The maximum absolute atomic E-state index is 12.5. The Hall–Kier alpha value is -3.56. The third kappa shape index (κ3) is 4.96. The Kier molecular flexibility index (Phi) is 7.28. The fraction of sp³-hybridized carbons (Fsp3) is 0.320. The van der Waals surface area contributed by atoms with Crippen molar-refractivity contribution >= 4 is 17.6 Å². The Morgan fingerprint density at radius 2 is 1.89 bits per heavy atom. The second-order valence-electron chi connectivity index (χ2n) is 8.53. The molecule has 0 aliphatic heterocycles. The maximum atomic E-state index is 12.5. The van der Waals surface area contributed by atoms with Crippen LogP contribution < -0.4 is 5.73 Å². The van der Waals surface area contributed by atoms with Crippen molar-refractivity contribution in [1.29, 1.82) is 0 Å². The van der Waals surface area contributed by atoms with Gasteiger partial charge in [0.05, 0.1) is 12.8 Å². The highest BCUT2D eigenvalue weighted by Crippen LogP contribution is 2.32. The second kappa shape index (κ2) is 10.4. The summed E-state index contributed by atoms with van der Waals surface area (Å²) >= 11 is 6.51. The predicted octanol–water partition coefficient (Wildman–Crippen LogP) is 4.12. The van der Waals surface area contributed by atoms with Gasteiger partial charge in [0.15, 0.2) is 10.7 Å². The highest BCUT2D eigenvalue weighted by atomic mass is 35.5. The molecule has 2 aromatic heterocycles. The number of aryl methyl sites for hydroxylation is 1. The third-order valence-corrected chi connectivity index (χ3v) is 6.24. The number of nitrogens with zero attached hydrogens (tertiary/aromatic N) is 5. The molecule has 2 aromatic carbocycles. The van der Waals surface area contributed by atoms with Gasteiger partial charge in [-0.25, -0.2) is 9.78 Å². The van der Waals surface area contributed by atoms with Gasteiger partial charge in [-0.2, -0.15) is 5.21 Å². The van der Waals surface area contributed by atoms with E-state index in [-0.39, 0.29) is 5.15 Å². The van der Waals surface area contributed by atoms with Crippen LogP contribution >= 0.6 is 11.6 Å². The van der Waals surface area contributed by atoms with E-state index < -0.39 is 11.5 Å². The number of carbonyl (C=O) groups is 1. The molecule has 3 N–H and O–H groups in total. The van der Waals surface area contributed by atoms with Crippen molar-refractivity contribution in [2.24, 2.45) is 5.73 Å². The smallest absolute Gasteiger partial charge is 0.331 e. The van der Waals surface area contributed by atoms with Crippen LogP contribution in [0.4, 0.5) is 0 Å². The molecule has 0 saturated heterocycles. The van der Waals surface area contributed by atoms with Crippen molar-refractivity contribution in [1.82, 2.24) is 30.2 Å². The summed E-state index contributed by atoms with van der Waals surface area (Å²) < 4.78 is 6.89. The second-order valence-corrected chi connectivity index (χ2v) is 8.89. The standard InChI is InChI=1S/C25H28ClN7O2/c1-4-5-10-20-28-22(26)21(25(2,27)24(34)35-3)33(20)15-16-11-13-17(14-12-16)18-8-6-7-9-19(18)23-29-31-32-30-23/h6-9,11-14H,4-5,10,15,27H2,1-3H3,(H,29,30,31,32)/t25-/m0/s1. The molecule has 0 saturated carbocycles. The molecule has 0 aliphatic carbocycles. The largest absolute Gasteiger partial charge is 0.467 e. The Morgan fingerprint density at radius 3 is 2.51 bits per heavy atom. The Bertz CT molecular complexity index is 1300. The Labute approximate surface area is 208 Å². The number of imidazole rings is 1. The molecule has 9 nitrogen and oxygen atoms in total. The lowest BCUT2D eigenvalue weighted by molar-refractivity contribution is -0.147. The summed E-state index contributed by atoms with van der Waals surface area (Å²) in [5.74, 6) is 0.753. The van der Waals surface area contributed by atoms with Crippen LogP contribution in [0.1, 0.15) is 43.8 Å². The summed E-state index contributed by atoms with van der Waals surface area (Å²) in [6, 6.07) is 16.1. The molecule has 0 aliphatic rings. The van der Waals surface area contributed by atoms with Gasteiger partial charge in [0, 0.05) is 18.5 Å². The molecular formula is C25H28ClN7O2. The van der Waals surface area contributed by atoms with E-state index in [0.29, 0.717) is 18.1 Å². The number of methoxy groups -OCH3 is 1. The molecule has 0 unspecified atom stereocenters. The van der Waals surface area contributed by atoms with E-state index in [4.69, 9.17) is 22.1 Å². The van der Waals surface area contributed by atoms with Gasteiger partial charge in [-0.3, -0.25) is 0 Å². The summed E-state index contributed by atoms with van der Waals surface area (Å²) in [5, 5.41) is 14.6. The molecule has 0 spiro atoms. The van der Waals surface area contributed by atoms with Gasteiger partial charge in [-0.1, -0.05) is 73.5 Å². The first-order valence-corrected chi connectivity index (χ1v) is 11.8. The minimum absolute atomic E-state index is 0.220. The fourth-order valence-corrected chi connectivity index (χ4v) is 4.54. The van der Waals surface area contributed by atoms with Gasteiger partial charge in [0.1, 0.15) is 5.82 Å². The van der Waals surface area contributed by atoms with E-state index in [1.807, 2.05) is 53.1 Å². The van der Waals surface area contributed by atoms with Crippen molar-refractivity contribution in [2.75, 3.05) is 7.11 Å². The zero-order chi connectivity index (χ0) is 25.0. The average molecular weight is 494 g/mol. The number of carbonyl (C=O) groups excluding carboxylic acids is 1. The highest BCUT2D eigenvalue weighted by molar-refractivity contribution is 6.30. The number of hydrogen-bond acceptors (Lipinski definition) is 7. The van der Waals surface area contributed by atoms with Crippen molar-refractivity contribution in [3.63, 3.8) is 0 Å². The van der Waals surface area contributed by atoms with Crippen molar-refractivity contribution < 1.29 is 9.53 Å². The van der Waals surface area contributed by atoms with Gasteiger partial charge in [-0.15, -0.1) is 10.2 Å². The molecule has 182 valence electrons. The van der Waals surface area contributed by atoms with E-state index in [1.165, 1.54) is 7.11 Å². The Morgan fingerprint density at radius 1 is 1.17 bits per heavy atom. The van der Waals surface area contributed by atoms with Crippen LogP contribution in [0.3, 0.4) is 0 Å². The summed E-state index contributed by atoms with van der Waals surface area (Å²) in [6.07, 6.45) is 2.67. The fourth-order valence-electron chi connectivity index (χ4n) is 4.14. The topological polar surface area (TPSA) is 125 Å². The molecule has 35 heavy (non-hydrogen) atoms. The van der Waals surface area contributed by atoms with E-state index >= 15 is 0 Å². The van der Waals surface area contributed by atoms with Crippen LogP contribution in [0.5, 0.6) is 0 Å². The molecular weight excluding hydrogens is 466 g/mol. The predicted molar refractivity (Wildman–Crippen MR) is 134 cm³/mol.